The van der Waals surface area contributed by atoms with Gasteiger partial charge in [-0.3, -0.25) is 9.98 Å². The van der Waals surface area contributed by atoms with Gasteiger partial charge in [0.1, 0.15) is 5.82 Å². The fraction of sp³-hybridized carbons (Fsp3) is 0.368. The lowest BCUT2D eigenvalue weighted by Gasteiger charge is -2.22. The van der Waals surface area contributed by atoms with Gasteiger partial charge in [0, 0.05) is 39.1 Å². The van der Waals surface area contributed by atoms with Crippen LogP contribution < -0.4 is 5.32 Å². The van der Waals surface area contributed by atoms with Crippen LogP contribution in [0.2, 0.25) is 0 Å². The van der Waals surface area contributed by atoms with Gasteiger partial charge in [0.05, 0.1) is 0 Å². The topological polar surface area (TPSA) is 40.5 Å². The first kappa shape index (κ1) is 21.3. The zero-order valence-electron chi connectivity index (χ0n) is 15.0. The molecule has 0 aliphatic heterocycles. The Morgan fingerprint density at radius 2 is 1.96 bits per heavy atom. The average Bonchev–Trinajstić information content (AvgIpc) is 2.58. The summed E-state index contributed by atoms with van der Waals surface area (Å²) < 4.78 is 13.0. The average molecular weight is 456 g/mol. The molecule has 0 saturated carbocycles. The van der Waals surface area contributed by atoms with E-state index in [4.69, 9.17) is 4.99 Å². The number of nitrogens with zero attached hydrogens (tertiary/aromatic N) is 3. The Bertz CT molecular complexity index is 673. The predicted molar refractivity (Wildman–Crippen MR) is 112 cm³/mol. The summed E-state index contributed by atoms with van der Waals surface area (Å²) in [7, 11) is 1.99. The summed E-state index contributed by atoms with van der Waals surface area (Å²) in [5.41, 5.74) is 3.51. The lowest BCUT2D eigenvalue weighted by Crippen LogP contribution is -2.38. The van der Waals surface area contributed by atoms with Crippen molar-refractivity contribution < 1.29 is 4.39 Å². The molecule has 25 heavy (non-hydrogen) atoms. The molecule has 0 aliphatic carbocycles. The fourth-order valence-electron chi connectivity index (χ4n) is 2.47. The second-order valence-electron chi connectivity index (χ2n) is 5.77. The summed E-state index contributed by atoms with van der Waals surface area (Å²) in [4.78, 5) is 10.9. The van der Waals surface area contributed by atoms with Gasteiger partial charge in [-0.05, 0) is 55.2 Å². The molecule has 1 aromatic carbocycles. The molecule has 1 aromatic heterocycles. The molecular formula is C19H26FIN4. The molecule has 6 heteroatoms. The van der Waals surface area contributed by atoms with Crippen molar-refractivity contribution in [2.24, 2.45) is 4.99 Å². The van der Waals surface area contributed by atoms with Crippen LogP contribution in [0.25, 0.3) is 0 Å². The van der Waals surface area contributed by atoms with Crippen molar-refractivity contribution in [2.45, 2.75) is 26.8 Å². The summed E-state index contributed by atoms with van der Waals surface area (Å²) in [5, 5.41) is 3.30. The summed E-state index contributed by atoms with van der Waals surface area (Å²) in [6, 6.07) is 8.62. The van der Waals surface area contributed by atoms with E-state index in [0.717, 1.165) is 24.5 Å². The molecular weight excluding hydrogens is 430 g/mol. The third-order valence-electron chi connectivity index (χ3n) is 3.81. The minimum Gasteiger partial charge on any atom is -0.357 e. The normalized spacial score (nSPS) is 11.0. The SMILES string of the molecule is CCNC(=NCCc1ccncc1C)N(C)Cc1ccc(F)cc1.I. The Labute approximate surface area is 166 Å². The van der Waals surface area contributed by atoms with E-state index in [9.17, 15) is 4.39 Å². The number of hydrogen-bond acceptors (Lipinski definition) is 2. The van der Waals surface area contributed by atoms with Crippen molar-refractivity contribution >= 4 is 29.9 Å². The number of halogens is 2. The molecule has 0 radical (unpaired) electrons. The van der Waals surface area contributed by atoms with Gasteiger partial charge in [0.15, 0.2) is 5.96 Å². The fourth-order valence-corrected chi connectivity index (χ4v) is 2.47. The maximum Gasteiger partial charge on any atom is 0.193 e. The lowest BCUT2D eigenvalue weighted by atomic mass is 10.1. The zero-order valence-corrected chi connectivity index (χ0v) is 17.3. The Kier molecular flexibility index (Phi) is 9.41. The van der Waals surface area contributed by atoms with E-state index in [1.165, 1.54) is 23.3 Å². The van der Waals surface area contributed by atoms with Gasteiger partial charge in [-0.15, -0.1) is 24.0 Å². The molecule has 0 amide bonds. The van der Waals surface area contributed by atoms with E-state index < -0.39 is 0 Å². The Balaban J connectivity index is 0.00000312. The molecule has 136 valence electrons. The van der Waals surface area contributed by atoms with Gasteiger partial charge in [-0.1, -0.05) is 12.1 Å². The number of nitrogens with one attached hydrogen (secondary N) is 1. The minimum atomic E-state index is -0.213. The van der Waals surface area contributed by atoms with Crippen molar-refractivity contribution in [2.75, 3.05) is 20.1 Å². The number of guanidine groups is 1. The van der Waals surface area contributed by atoms with E-state index in [-0.39, 0.29) is 29.8 Å². The van der Waals surface area contributed by atoms with Crippen LogP contribution in [-0.2, 0) is 13.0 Å². The van der Waals surface area contributed by atoms with E-state index in [2.05, 4.69) is 22.1 Å². The quantitative estimate of drug-likeness (QED) is 0.409. The molecule has 0 atom stereocenters. The number of rotatable bonds is 6. The molecule has 4 nitrogen and oxygen atoms in total. The molecule has 0 bridgehead atoms. The molecule has 0 unspecified atom stereocenters. The third kappa shape index (κ3) is 6.97. The molecule has 0 aliphatic rings. The van der Waals surface area contributed by atoms with Crippen molar-refractivity contribution in [3.8, 4) is 0 Å². The first-order valence-corrected chi connectivity index (χ1v) is 8.23. The van der Waals surface area contributed by atoms with Crippen LogP contribution in [0.15, 0.2) is 47.7 Å². The summed E-state index contributed by atoms with van der Waals surface area (Å²) >= 11 is 0. The van der Waals surface area contributed by atoms with Crippen LogP contribution in [0, 0.1) is 12.7 Å². The van der Waals surface area contributed by atoms with Gasteiger partial charge < -0.3 is 10.2 Å². The highest BCUT2D eigenvalue weighted by Gasteiger charge is 2.07. The Morgan fingerprint density at radius 3 is 2.60 bits per heavy atom. The molecule has 0 spiro atoms. The highest BCUT2D eigenvalue weighted by Crippen LogP contribution is 2.07. The maximum atomic E-state index is 13.0. The summed E-state index contributed by atoms with van der Waals surface area (Å²) in [5.74, 6) is 0.642. The monoisotopic (exact) mass is 456 g/mol. The standard InChI is InChI=1S/C19H25FN4.HI/c1-4-22-19(23-12-10-17-9-11-21-13-15(17)2)24(3)14-16-5-7-18(20)8-6-16;/h5-9,11,13H,4,10,12,14H2,1-3H3,(H,22,23);1H. The number of aryl methyl sites for hydroxylation is 1. The summed E-state index contributed by atoms with van der Waals surface area (Å²) in [6.07, 6.45) is 4.58. The van der Waals surface area contributed by atoms with Crippen molar-refractivity contribution in [1.29, 1.82) is 0 Å². The number of hydrogen-bond donors (Lipinski definition) is 1. The van der Waals surface area contributed by atoms with Gasteiger partial charge in [-0.2, -0.15) is 0 Å². The van der Waals surface area contributed by atoms with Gasteiger partial charge in [0.2, 0.25) is 0 Å². The maximum absolute atomic E-state index is 13.0. The van der Waals surface area contributed by atoms with Gasteiger partial charge >= 0.3 is 0 Å². The zero-order chi connectivity index (χ0) is 17.4. The largest absolute Gasteiger partial charge is 0.357 e. The van der Waals surface area contributed by atoms with Crippen LogP contribution in [0.4, 0.5) is 4.39 Å². The van der Waals surface area contributed by atoms with Gasteiger partial charge in [0.25, 0.3) is 0 Å². The first-order valence-electron chi connectivity index (χ1n) is 8.23. The first-order chi connectivity index (χ1) is 11.6. The molecule has 0 fully saturated rings. The highest BCUT2D eigenvalue weighted by molar-refractivity contribution is 14.0. The molecule has 0 saturated heterocycles. The second kappa shape index (κ2) is 11.0. The van der Waals surface area contributed by atoms with Crippen molar-refractivity contribution in [1.82, 2.24) is 15.2 Å². The highest BCUT2D eigenvalue weighted by atomic mass is 127. The van der Waals surface area contributed by atoms with Crippen LogP contribution >= 0.6 is 24.0 Å². The molecule has 1 heterocycles. The third-order valence-corrected chi connectivity index (χ3v) is 3.81. The van der Waals surface area contributed by atoms with Crippen LogP contribution in [0.1, 0.15) is 23.6 Å². The summed E-state index contributed by atoms with van der Waals surface area (Å²) in [6.45, 7) is 6.31. The number of pyridine rings is 1. The molecule has 2 aromatic rings. The van der Waals surface area contributed by atoms with Crippen molar-refractivity contribution in [3.63, 3.8) is 0 Å². The Morgan fingerprint density at radius 1 is 1.24 bits per heavy atom. The van der Waals surface area contributed by atoms with Crippen LogP contribution in [0.3, 0.4) is 0 Å². The number of aliphatic imine (C=N–C) groups is 1. The predicted octanol–water partition coefficient (Wildman–Crippen LogP) is 3.79. The minimum absolute atomic E-state index is 0. The van der Waals surface area contributed by atoms with E-state index >= 15 is 0 Å². The van der Waals surface area contributed by atoms with Crippen LogP contribution in [-0.4, -0.2) is 36.0 Å². The van der Waals surface area contributed by atoms with Crippen LogP contribution in [0.5, 0.6) is 0 Å². The van der Waals surface area contributed by atoms with E-state index in [1.54, 1.807) is 12.1 Å². The smallest absolute Gasteiger partial charge is 0.193 e. The second-order valence-corrected chi connectivity index (χ2v) is 5.77. The number of benzene rings is 1. The number of aromatic nitrogens is 1. The van der Waals surface area contributed by atoms with Crippen molar-refractivity contribution in [3.05, 3.63) is 65.2 Å². The Hall–Kier alpha value is -1.70. The van der Waals surface area contributed by atoms with Gasteiger partial charge in [-0.25, -0.2) is 4.39 Å². The molecule has 1 N–H and O–H groups in total. The lowest BCUT2D eigenvalue weighted by molar-refractivity contribution is 0.476. The molecule has 2 rings (SSSR count). The van der Waals surface area contributed by atoms with E-state index in [1.807, 2.05) is 32.4 Å². The van der Waals surface area contributed by atoms with E-state index in [0.29, 0.717) is 13.1 Å².